The second-order valence-electron chi connectivity index (χ2n) is 3.02. The summed E-state index contributed by atoms with van der Waals surface area (Å²) in [5.41, 5.74) is 0.318. The molecule has 2 nitrogen and oxygen atoms in total. The van der Waals surface area contributed by atoms with Crippen molar-refractivity contribution >= 4 is 29.4 Å². The third-order valence-electron chi connectivity index (χ3n) is 2.10. The smallest absolute Gasteiger partial charge is 0.336 e. The maximum atomic E-state index is 10.9. The normalized spacial score (nSPS) is 10.4. The number of hydrogen-bond acceptors (Lipinski definition) is 2. The highest BCUT2D eigenvalue weighted by Gasteiger charge is 2.07. The Morgan fingerprint density at radius 2 is 2.00 bits per heavy atom. The lowest BCUT2D eigenvalue weighted by atomic mass is 10.1. The highest BCUT2D eigenvalue weighted by atomic mass is 32.1. The van der Waals surface area contributed by atoms with Crippen LogP contribution >= 0.6 is 12.6 Å². The van der Waals surface area contributed by atoms with Gasteiger partial charge in [-0.2, -0.15) is 0 Å². The number of carbonyl (C=O) groups is 1. The molecular formula is C11H8O2S. The molecule has 0 amide bonds. The Hall–Kier alpha value is -1.48. The molecule has 0 spiro atoms. The van der Waals surface area contributed by atoms with Crippen LogP contribution in [-0.2, 0) is 0 Å². The van der Waals surface area contributed by atoms with Gasteiger partial charge in [-0.25, -0.2) is 4.79 Å². The molecule has 0 fully saturated rings. The van der Waals surface area contributed by atoms with Crippen LogP contribution < -0.4 is 0 Å². The molecular weight excluding hydrogens is 196 g/mol. The van der Waals surface area contributed by atoms with E-state index in [1.54, 1.807) is 18.2 Å². The van der Waals surface area contributed by atoms with Crippen molar-refractivity contribution in [1.29, 1.82) is 0 Å². The van der Waals surface area contributed by atoms with Crippen molar-refractivity contribution in [3.63, 3.8) is 0 Å². The summed E-state index contributed by atoms with van der Waals surface area (Å²) in [5.74, 6) is -0.908. The predicted octanol–water partition coefficient (Wildman–Crippen LogP) is 2.83. The van der Waals surface area contributed by atoms with Gasteiger partial charge in [-0.1, -0.05) is 18.2 Å². The zero-order chi connectivity index (χ0) is 10.1. The Labute approximate surface area is 86.6 Å². The molecule has 0 aliphatic heterocycles. The minimum Gasteiger partial charge on any atom is -0.478 e. The molecule has 0 atom stereocenters. The van der Waals surface area contributed by atoms with E-state index in [4.69, 9.17) is 5.11 Å². The fourth-order valence-electron chi connectivity index (χ4n) is 1.45. The van der Waals surface area contributed by atoms with Crippen LogP contribution in [0.1, 0.15) is 10.4 Å². The zero-order valence-electron chi connectivity index (χ0n) is 7.27. The molecule has 0 unspecified atom stereocenters. The number of fused-ring (bicyclic) bond motifs is 1. The third-order valence-corrected chi connectivity index (χ3v) is 2.37. The van der Waals surface area contributed by atoms with Gasteiger partial charge in [-0.15, -0.1) is 12.6 Å². The van der Waals surface area contributed by atoms with Crippen LogP contribution in [0, 0.1) is 0 Å². The fraction of sp³-hybridized carbons (Fsp3) is 0. The molecule has 0 saturated heterocycles. The number of aromatic carboxylic acids is 1. The first-order chi connectivity index (χ1) is 6.68. The molecule has 14 heavy (non-hydrogen) atoms. The molecule has 1 N–H and O–H groups in total. The number of carboxylic acids is 1. The van der Waals surface area contributed by atoms with Crippen molar-refractivity contribution in [3.05, 3.63) is 42.0 Å². The Balaban J connectivity index is 2.84. The molecule has 0 saturated carbocycles. The van der Waals surface area contributed by atoms with Crippen LogP contribution in [0.2, 0.25) is 0 Å². The SMILES string of the molecule is O=C(O)c1cccc2ccc(S)cc12. The summed E-state index contributed by atoms with van der Waals surface area (Å²) in [6.45, 7) is 0. The van der Waals surface area contributed by atoms with Gasteiger partial charge in [0.1, 0.15) is 0 Å². The van der Waals surface area contributed by atoms with Crippen molar-refractivity contribution < 1.29 is 9.90 Å². The number of rotatable bonds is 1. The second kappa shape index (κ2) is 3.35. The maximum Gasteiger partial charge on any atom is 0.336 e. The highest BCUT2D eigenvalue weighted by Crippen LogP contribution is 2.21. The van der Waals surface area contributed by atoms with Gasteiger partial charge < -0.3 is 5.11 Å². The van der Waals surface area contributed by atoms with Crippen LogP contribution in [0.15, 0.2) is 41.3 Å². The molecule has 2 aromatic rings. The molecule has 0 bridgehead atoms. The maximum absolute atomic E-state index is 10.9. The van der Waals surface area contributed by atoms with Gasteiger partial charge >= 0.3 is 5.97 Å². The topological polar surface area (TPSA) is 37.3 Å². The summed E-state index contributed by atoms with van der Waals surface area (Å²) >= 11 is 4.18. The fourth-order valence-corrected chi connectivity index (χ4v) is 1.65. The zero-order valence-corrected chi connectivity index (χ0v) is 8.16. The van der Waals surface area contributed by atoms with E-state index in [9.17, 15) is 4.79 Å². The van der Waals surface area contributed by atoms with Gasteiger partial charge in [-0.3, -0.25) is 0 Å². The van der Waals surface area contributed by atoms with Crippen molar-refractivity contribution in [3.8, 4) is 0 Å². The number of thiol groups is 1. The lowest BCUT2D eigenvalue weighted by molar-refractivity contribution is 0.0699. The summed E-state index contributed by atoms with van der Waals surface area (Å²) in [6.07, 6.45) is 0. The van der Waals surface area contributed by atoms with Crippen molar-refractivity contribution in [2.75, 3.05) is 0 Å². The van der Waals surface area contributed by atoms with Crippen LogP contribution in [0.5, 0.6) is 0 Å². The number of benzene rings is 2. The van der Waals surface area contributed by atoms with E-state index >= 15 is 0 Å². The predicted molar refractivity (Wildman–Crippen MR) is 58.2 cm³/mol. The van der Waals surface area contributed by atoms with E-state index in [1.807, 2.05) is 18.2 Å². The van der Waals surface area contributed by atoms with Crippen LogP contribution in [0.25, 0.3) is 10.8 Å². The largest absolute Gasteiger partial charge is 0.478 e. The van der Waals surface area contributed by atoms with Crippen molar-refractivity contribution in [2.45, 2.75) is 4.90 Å². The van der Waals surface area contributed by atoms with Gasteiger partial charge in [0.05, 0.1) is 5.56 Å². The Bertz CT molecular complexity index is 506. The van der Waals surface area contributed by atoms with E-state index in [1.165, 1.54) is 0 Å². The average Bonchev–Trinajstić information content (AvgIpc) is 2.16. The first kappa shape index (κ1) is 9.09. The Morgan fingerprint density at radius 1 is 1.21 bits per heavy atom. The standard InChI is InChI=1S/C11H8O2S/c12-11(13)9-3-1-2-7-4-5-8(14)6-10(7)9/h1-6,14H,(H,12,13). The molecule has 2 rings (SSSR count). The van der Waals surface area contributed by atoms with Gasteiger partial charge in [0.15, 0.2) is 0 Å². The van der Waals surface area contributed by atoms with E-state index in [-0.39, 0.29) is 0 Å². The minimum atomic E-state index is -0.908. The first-order valence-corrected chi connectivity index (χ1v) is 4.58. The van der Waals surface area contributed by atoms with Gasteiger partial charge in [-0.05, 0) is 29.0 Å². The van der Waals surface area contributed by atoms with E-state index in [0.717, 1.165) is 15.7 Å². The van der Waals surface area contributed by atoms with Crippen molar-refractivity contribution in [2.24, 2.45) is 0 Å². The number of hydrogen-bond donors (Lipinski definition) is 2. The summed E-state index contributed by atoms with van der Waals surface area (Å²) in [6, 6.07) is 10.7. The van der Waals surface area contributed by atoms with Crippen LogP contribution in [-0.4, -0.2) is 11.1 Å². The van der Waals surface area contributed by atoms with Gasteiger partial charge in [0.25, 0.3) is 0 Å². The second-order valence-corrected chi connectivity index (χ2v) is 3.53. The molecule has 3 heteroatoms. The summed E-state index contributed by atoms with van der Waals surface area (Å²) in [5, 5.41) is 10.6. The average molecular weight is 204 g/mol. The van der Waals surface area contributed by atoms with Crippen LogP contribution in [0.4, 0.5) is 0 Å². The molecule has 2 aromatic carbocycles. The van der Waals surface area contributed by atoms with Gasteiger partial charge in [0.2, 0.25) is 0 Å². The lowest BCUT2D eigenvalue weighted by Gasteiger charge is -2.02. The summed E-state index contributed by atoms with van der Waals surface area (Å²) in [7, 11) is 0. The Kier molecular flexibility index (Phi) is 2.17. The van der Waals surface area contributed by atoms with Crippen molar-refractivity contribution in [1.82, 2.24) is 0 Å². The molecule has 0 heterocycles. The molecule has 0 aliphatic rings. The first-order valence-electron chi connectivity index (χ1n) is 4.13. The Morgan fingerprint density at radius 3 is 2.71 bits per heavy atom. The monoisotopic (exact) mass is 204 g/mol. The minimum absolute atomic E-state index is 0.318. The van der Waals surface area contributed by atoms with Gasteiger partial charge in [0, 0.05) is 4.90 Å². The quantitative estimate of drug-likeness (QED) is 0.701. The van der Waals surface area contributed by atoms with E-state index in [2.05, 4.69) is 12.6 Å². The summed E-state index contributed by atoms with van der Waals surface area (Å²) < 4.78 is 0. The molecule has 0 aliphatic carbocycles. The molecule has 70 valence electrons. The number of carboxylic acid groups (broad SMARTS) is 1. The third kappa shape index (κ3) is 1.46. The summed E-state index contributed by atoms with van der Waals surface area (Å²) in [4.78, 5) is 11.7. The lowest BCUT2D eigenvalue weighted by Crippen LogP contribution is -1.96. The molecule has 0 aromatic heterocycles. The highest BCUT2D eigenvalue weighted by molar-refractivity contribution is 7.80. The van der Waals surface area contributed by atoms with E-state index < -0.39 is 5.97 Å². The van der Waals surface area contributed by atoms with Crippen LogP contribution in [0.3, 0.4) is 0 Å². The molecule has 0 radical (unpaired) electrons. The van der Waals surface area contributed by atoms with E-state index in [0.29, 0.717) is 5.56 Å².